The number of carbonyl (C=O) groups excluding carboxylic acids is 1. The summed E-state index contributed by atoms with van der Waals surface area (Å²) in [6, 6.07) is 20.9. The van der Waals surface area contributed by atoms with Crippen LogP contribution >= 0.6 is 0 Å². The van der Waals surface area contributed by atoms with Crippen molar-refractivity contribution in [3.8, 4) is 0 Å². The van der Waals surface area contributed by atoms with Gasteiger partial charge in [0.15, 0.2) is 0 Å². The lowest BCUT2D eigenvalue weighted by Gasteiger charge is -2.38. The fraction of sp³-hybridized carbons (Fsp3) is 0.458. The number of nitrogens with one attached hydrogen (secondary N) is 1. The molecule has 5 nitrogen and oxygen atoms in total. The number of nitrogens with zero attached hydrogens (tertiary/aromatic N) is 1. The minimum absolute atomic E-state index is 0.0437. The second-order valence-electron chi connectivity index (χ2n) is 7.84. The number of benzene rings is 2. The first kappa shape index (κ1) is 21.5. The van der Waals surface area contributed by atoms with Crippen molar-refractivity contribution in [3.63, 3.8) is 0 Å². The highest BCUT2D eigenvalue weighted by molar-refractivity contribution is 5.78. The highest BCUT2D eigenvalue weighted by Gasteiger charge is 2.34. The van der Waals surface area contributed by atoms with Crippen molar-refractivity contribution in [1.29, 1.82) is 0 Å². The number of nitrogens with two attached hydrogens (primary N) is 1. The molecule has 0 atom stereocenters. The predicted molar refractivity (Wildman–Crippen MR) is 117 cm³/mol. The summed E-state index contributed by atoms with van der Waals surface area (Å²) < 4.78 is 5.59. The van der Waals surface area contributed by atoms with E-state index in [1.54, 1.807) is 0 Å². The second-order valence-corrected chi connectivity index (χ2v) is 7.84. The monoisotopic (exact) mass is 395 g/mol. The van der Waals surface area contributed by atoms with Crippen LogP contribution in [0.4, 0.5) is 0 Å². The topological polar surface area (TPSA) is 67.6 Å². The first-order valence-electron chi connectivity index (χ1n) is 10.6. The molecule has 1 saturated heterocycles. The minimum Gasteiger partial charge on any atom is -0.381 e. The van der Waals surface area contributed by atoms with E-state index >= 15 is 0 Å². The summed E-state index contributed by atoms with van der Waals surface area (Å²) in [7, 11) is 0. The van der Waals surface area contributed by atoms with Gasteiger partial charge in [-0.15, -0.1) is 0 Å². The highest BCUT2D eigenvalue weighted by Crippen LogP contribution is 2.34. The first-order chi connectivity index (χ1) is 14.2. The molecule has 0 aromatic heterocycles. The molecule has 2 aromatic carbocycles. The van der Waals surface area contributed by atoms with Crippen LogP contribution in [0.25, 0.3) is 0 Å². The van der Waals surface area contributed by atoms with E-state index in [0.717, 1.165) is 45.6 Å². The number of carbonyl (C=O) groups is 1. The number of hydrogen-bond acceptors (Lipinski definition) is 4. The number of ether oxygens (including phenoxy) is 1. The molecule has 0 bridgehead atoms. The Morgan fingerprint density at radius 2 is 1.66 bits per heavy atom. The van der Waals surface area contributed by atoms with Gasteiger partial charge in [0.1, 0.15) is 0 Å². The van der Waals surface area contributed by atoms with E-state index in [4.69, 9.17) is 10.5 Å². The van der Waals surface area contributed by atoms with Crippen LogP contribution in [-0.4, -0.2) is 56.7 Å². The molecular weight excluding hydrogens is 362 g/mol. The molecule has 3 N–H and O–H groups in total. The van der Waals surface area contributed by atoms with Crippen molar-refractivity contribution >= 4 is 5.91 Å². The van der Waals surface area contributed by atoms with Crippen LogP contribution in [0.5, 0.6) is 0 Å². The summed E-state index contributed by atoms with van der Waals surface area (Å²) in [6.07, 6.45) is 2.77. The third kappa shape index (κ3) is 6.39. The molecule has 156 valence electrons. The third-order valence-electron chi connectivity index (χ3n) is 5.83. The van der Waals surface area contributed by atoms with Gasteiger partial charge in [-0.25, -0.2) is 0 Å². The van der Waals surface area contributed by atoms with E-state index in [9.17, 15) is 4.79 Å². The summed E-state index contributed by atoms with van der Waals surface area (Å²) in [4.78, 5) is 14.9. The second kappa shape index (κ2) is 11.1. The van der Waals surface area contributed by atoms with Crippen LogP contribution in [0.15, 0.2) is 60.7 Å². The van der Waals surface area contributed by atoms with Crippen molar-refractivity contribution in [1.82, 2.24) is 10.2 Å². The van der Waals surface area contributed by atoms with Crippen molar-refractivity contribution in [2.45, 2.75) is 24.7 Å². The van der Waals surface area contributed by atoms with Crippen molar-refractivity contribution in [3.05, 3.63) is 71.8 Å². The van der Waals surface area contributed by atoms with Crippen molar-refractivity contribution in [2.24, 2.45) is 5.73 Å². The molecule has 0 radical (unpaired) electrons. The Labute approximate surface area is 174 Å². The van der Waals surface area contributed by atoms with Gasteiger partial charge < -0.3 is 15.8 Å². The van der Waals surface area contributed by atoms with E-state index < -0.39 is 0 Å². The lowest BCUT2D eigenvalue weighted by molar-refractivity contribution is -0.122. The zero-order valence-corrected chi connectivity index (χ0v) is 17.2. The van der Waals surface area contributed by atoms with Gasteiger partial charge >= 0.3 is 0 Å². The van der Waals surface area contributed by atoms with Crippen LogP contribution in [0.3, 0.4) is 0 Å². The molecule has 1 heterocycles. The predicted octanol–water partition coefficient (Wildman–Crippen LogP) is 2.35. The molecule has 2 aromatic rings. The molecule has 0 aliphatic carbocycles. The van der Waals surface area contributed by atoms with Crippen molar-refractivity contribution in [2.75, 3.05) is 45.9 Å². The Hall–Kier alpha value is -2.21. The zero-order chi connectivity index (χ0) is 20.4. The van der Waals surface area contributed by atoms with E-state index in [2.05, 4.69) is 46.6 Å². The smallest absolute Gasteiger partial charge is 0.234 e. The normalized spacial score (nSPS) is 15.9. The molecule has 0 unspecified atom stereocenters. The number of hydrogen-bond donors (Lipinski definition) is 2. The van der Waals surface area contributed by atoms with E-state index in [-0.39, 0.29) is 11.3 Å². The third-order valence-corrected chi connectivity index (χ3v) is 5.83. The maximum Gasteiger partial charge on any atom is 0.234 e. The van der Waals surface area contributed by atoms with Gasteiger partial charge in [-0.3, -0.25) is 9.69 Å². The SMILES string of the molecule is NCCN(CCc1ccccc1)CC(=O)NCC1(c2ccccc2)CCOCC1. The van der Waals surface area contributed by atoms with Gasteiger partial charge in [0.2, 0.25) is 5.91 Å². The van der Waals surface area contributed by atoms with Gasteiger partial charge in [0.25, 0.3) is 0 Å². The molecule has 3 rings (SSSR count). The van der Waals surface area contributed by atoms with E-state index in [0.29, 0.717) is 19.6 Å². The van der Waals surface area contributed by atoms with E-state index in [1.807, 2.05) is 24.3 Å². The molecule has 0 saturated carbocycles. The largest absolute Gasteiger partial charge is 0.381 e. The fourth-order valence-corrected chi connectivity index (χ4v) is 4.03. The minimum atomic E-state index is -0.0437. The Balaban J connectivity index is 1.55. The summed E-state index contributed by atoms with van der Waals surface area (Å²) in [5, 5.41) is 3.20. The molecule has 0 spiro atoms. The van der Waals surface area contributed by atoms with E-state index in [1.165, 1.54) is 11.1 Å². The van der Waals surface area contributed by atoms with Crippen molar-refractivity contribution < 1.29 is 9.53 Å². The summed E-state index contributed by atoms with van der Waals surface area (Å²) in [5.41, 5.74) is 8.29. The molecule has 1 amide bonds. The molecule has 29 heavy (non-hydrogen) atoms. The van der Waals surface area contributed by atoms with Gasteiger partial charge in [-0.1, -0.05) is 60.7 Å². The molecule has 1 fully saturated rings. The average molecular weight is 396 g/mol. The van der Waals surface area contributed by atoms with Crippen LogP contribution in [-0.2, 0) is 21.4 Å². The quantitative estimate of drug-likeness (QED) is 0.648. The Kier molecular flexibility index (Phi) is 8.23. The zero-order valence-electron chi connectivity index (χ0n) is 17.2. The number of amides is 1. The molecular formula is C24H33N3O2. The first-order valence-corrected chi connectivity index (χ1v) is 10.6. The van der Waals surface area contributed by atoms with Crippen LogP contribution in [0.2, 0.25) is 0 Å². The van der Waals surface area contributed by atoms with Crippen LogP contribution in [0, 0.1) is 0 Å². The molecule has 1 aliphatic rings. The van der Waals surface area contributed by atoms with Gasteiger partial charge in [0, 0.05) is 44.8 Å². The Bertz CT molecular complexity index is 730. The Morgan fingerprint density at radius 3 is 2.31 bits per heavy atom. The van der Waals surface area contributed by atoms with Gasteiger partial charge in [-0.05, 0) is 30.4 Å². The lowest BCUT2D eigenvalue weighted by atomic mass is 9.74. The summed E-state index contributed by atoms with van der Waals surface area (Å²) in [5.74, 6) is 0.0632. The van der Waals surface area contributed by atoms with Crippen LogP contribution < -0.4 is 11.1 Å². The maximum atomic E-state index is 12.7. The van der Waals surface area contributed by atoms with Gasteiger partial charge in [0.05, 0.1) is 6.54 Å². The maximum absolute atomic E-state index is 12.7. The molecule has 5 heteroatoms. The molecule has 1 aliphatic heterocycles. The summed E-state index contributed by atoms with van der Waals surface area (Å²) >= 11 is 0. The summed E-state index contributed by atoms with van der Waals surface area (Å²) in [6.45, 7) is 4.60. The fourth-order valence-electron chi connectivity index (χ4n) is 4.03. The lowest BCUT2D eigenvalue weighted by Crippen LogP contribution is -2.47. The number of rotatable bonds is 10. The standard InChI is InChI=1S/C24H33N3O2/c25-14-16-27(15-11-21-7-3-1-4-8-21)19-23(28)26-20-24(12-17-29-18-13-24)22-9-5-2-6-10-22/h1-10H,11-20,25H2,(H,26,28). The Morgan fingerprint density at radius 1 is 1.00 bits per heavy atom. The average Bonchev–Trinajstić information content (AvgIpc) is 2.78. The van der Waals surface area contributed by atoms with Gasteiger partial charge in [-0.2, -0.15) is 0 Å². The highest BCUT2D eigenvalue weighted by atomic mass is 16.5. The van der Waals surface area contributed by atoms with Crippen LogP contribution in [0.1, 0.15) is 24.0 Å².